The van der Waals surface area contributed by atoms with Crippen molar-refractivity contribution in [1.82, 2.24) is 15.1 Å². The first-order chi connectivity index (χ1) is 8.34. The highest BCUT2D eigenvalue weighted by molar-refractivity contribution is 4.73. The number of rotatable bonds is 3. The van der Waals surface area contributed by atoms with Crippen LogP contribution in [0.4, 0.5) is 0 Å². The molecule has 3 heteroatoms. The normalized spacial score (nSPS) is 24.2. The molecule has 0 atom stereocenters. The van der Waals surface area contributed by atoms with Crippen LogP contribution in [0, 0.1) is 5.92 Å². The summed E-state index contributed by atoms with van der Waals surface area (Å²) in [5.41, 5.74) is 0. The molecule has 1 N–H and O–H groups in total. The fraction of sp³-hybridized carbons (Fsp3) is 1.00. The fourth-order valence-corrected chi connectivity index (χ4v) is 2.61. The molecule has 2 heterocycles. The molecule has 0 aromatic heterocycles. The van der Waals surface area contributed by atoms with Crippen molar-refractivity contribution in [3.8, 4) is 0 Å². The quantitative estimate of drug-likeness (QED) is 0.810. The number of hydrogen-bond acceptors (Lipinski definition) is 3. The average molecular weight is 241 g/mol. The van der Waals surface area contributed by atoms with Crippen molar-refractivity contribution in [2.75, 3.05) is 52.9 Å². The Kier molecular flexibility index (Phi) is 7.82. The SMILES string of the molecule is CC.CN1CCN(CCC2CCNCC2)CC1. The maximum Gasteiger partial charge on any atom is 0.0110 e. The summed E-state index contributed by atoms with van der Waals surface area (Å²) >= 11 is 0. The van der Waals surface area contributed by atoms with E-state index in [2.05, 4.69) is 22.2 Å². The predicted octanol–water partition coefficient (Wildman–Crippen LogP) is 1.65. The highest BCUT2D eigenvalue weighted by Gasteiger charge is 2.17. The number of nitrogens with zero attached hydrogens (tertiary/aromatic N) is 2. The third kappa shape index (κ3) is 5.84. The molecule has 3 nitrogen and oxygen atoms in total. The molecule has 2 aliphatic heterocycles. The molecule has 2 saturated heterocycles. The Morgan fingerprint density at radius 2 is 1.59 bits per heavy atom. The Bertz CT molecular complexity index is 170. The molecule has 17 heavy (non-hydrogen) atoms. The third-order valence-corrected chi connectivity index (χ3v) is 3.91. The summed E-state index contributed by atoms with van der Waals surface area (Å²) in [4.78, 5) is 5.07. The van der Waals surface area contributed by atoms with E-state index in [-0.39, 0.29) is 0 Å². The van der Waals surface area contributed by atoms with Gasteiger partial charge in [0.2, 0.25) is 0 Å². The lowest BCUT2D eigenvalue weighted by Gasteiger charge is -2.33. The van der Waals surface area contributed by atoms with E-state index in [0.29, 0.717) is 0 Å². The Morgan fingerprint density at radius 1 is 1.00 bits per heavy atom. The molecular weight excluding hydrogens is 210 g/mol. The molecule has 0 amide bonds. The summed E-state index contributed by atoms with van der Waals surface area (Å²) in [7, 11) is 2.23. The standard InChI is InChI=1S/C12H25N3.C2H6/c1-14-8-10-15(11-9-14)7-4-12-2-5-13-6-3-12;1-2/h12-13H,2-11H2,1H3;1-2H3. The predicted molar refractivity (Wildman–Crippen MR) is 75.5 cm³/mol. The number of piperazine rings is 1. The lowest BCUT2D eigenvalue weighted by atomic mass is 9.94. The van der Waals surface area contributed by atoms with Gasteiger partial charge in [0.1, 0.15) is 0 Å². The molecule has 2 aliphatic rings. The second-order valence-electron chi connectivity index (χ2n) is 5.13. The van der Waals surface area contributed by atoms with E-state index in [9.17, 15) is 0 Å². The zero-order valence-electron chi connectivity index (χ0n) is 12.0. The monoisotopic (exact) mass is 241 g/mol. The molecule has 0 aromatic carbocycles. The van der Waals surface area contributed by atoms with Gasteiger partial charge in [-0.15, -0.1) is 0 Å². The average Bonchev–Trinajstić information content (AvgIpc) is 2.42. The maximum atomic E-state index is 3.44. The van der Waals surface area contributed by atoms with Gasteiger partial charge in [-0.25, -0.2) is 0 Å². The van der Waals surface area contributed by atoms with Gasteiger partial charge in [0, 0.05) is 26.2 Å². The first kappa shape index (κ1) is 14.9. The minimum Gasteiger partial charge on any atom is -0.317 e. The number of likely N-dealkylation sites (N-methyl/N-ethyl adjacent to an activating group) is 1. The van der Waals surface area contributed by atoms with Gasteiger partial charge in [-0.05, 0) is 51.9 Å². The molecule has 0 aromatic rings. The van der Waals surface area contributed by atoms with E-state index in [1.54, 1.807) is 0 Å². The Hall–Kier alpha value is -0.120. The number of hydrogen-bond donors (Lipinski definition) is 1. The van der Waals surface area contributed by atoms with Gasteiger partial charge in [-0.1, -0.05) is 13.8 Å². The van der Waals surface area contributed by atoms with E-state index < -0.39 is 0 Å². The van der Waals surface area contributed by atoms with Crippen LogP contribution in [0.5, 0.6) is 0 Å². The molecule has 0 radical (unpaired) electrons. The van der Waals surface area contributed by atoms with Crippen LogP contribution in [0.25, 0.3) is 0 Å². The van der Waals surface area contributed by atoms with Crippen molar-refractivity contribution in [2.24, 2.45) is 5.92 Å². The van der Waals surface area contributed by atoms with Gasteiger partial charge in [0.15, 0.2) is 0 Å². The zero-order chi connectivity index (χ0) is 12.5. The first-order valence-corrected chi connectivity index (χ1v) is 7.46. The smallest absolute Gasteiger partial charge is 0.0110 e. The van der Waals surface area contributed by atoms with E-state index in [1.807, 2.05) is 13.8 Å². The number of piperidine rings is 1. The summed E-state index contributed by atoms with van der Waals surface area (Å²) in [5.74, 6) is 0.992. The van der Waals surface area contributed by atoms with E-state index in [4.69, 9.17) is 0 Å². The van der Waals surface area contributed by atoms with Crippen molar-refractivity contribution in [1.29, 1.82) is 0 Å². The highest BCUT2D eigenvalue weighted by Crippen LogP contribution is 2.16. The molecule has 0 unspecified atom stereocenters. The van der Waals surface area contributed by atoms with Gasteiger partial charge in [-0.2, -0.15) is 0 Å². The van der Waals surface area contributed by atoms with Crippen LogP contribution in [0.1, 0.15) is 33.1 Å². The summed E-state index contributed by atoms with van der Waals surface area (Å²) in [6.07, 6.45) is 4.22. The fourth-order valence-electron chi connectivity index (χ4n) is 2.61. The van der Waals surface area contributed by atoms with Crippen molar-refractivity contribution >= 4 is 0 Å². The minimum absolute atomic E-state index is 0.992. The van der Waals surface area contributed by atoms with Crippen molar-refractivity contribution in [3.63, 3.8) is 0 Å². The lowest BCUT2D eigenvalue weighted by Crippen LogP contribution is -2.45. The van der Waals surface area contributed by atoms with Crippen LogP contribution in [0.3, 0.4) is 0 Å². The van der Waals surface area contributed by atoms with Gasteiger partial charge < -0.3 is 15.1 Å². The number of nitrogens with one attached hydrogen (secondary N) is 1. The van der Waals surface area contributed by atoms with Gasteiger partial charge in [0.25, 0.3) is 0 Å². The third-order valence-electron chi connectivity index (χ3n) is 3.91. The summed E-state index contributed by atoms with van der Waals surface area (Å²) < 4.78 is 0. The molecule has 0 spiro atoms. The van der Waals surface area contributed by atoms with Crippen LogP contribution in [0.2, 0.25) is 0 Å². The highest BCUT2D eigenvalue weighted by atomic mass is 15.2. The molecule has 0 saturated carbocycles. The van der Waals surface area contributed by atoms with E-state index in [0.717, 1.165) is 5.92 Å². The second-order valence-corrected chi connectivity index (χ2v) is 5.13. The van der Waals surface area contributed by atoms with Crippen LogP contribution in [0.15, 0.2) is 0 Å². The van der Waals surface area contributed by atoms with E-state index >= 15 is 0 Å². The van der Waals surface area contributed by atoms with Gasteiger partial charge >= 0.3 is 0 Å². The first-order valence-electron chi connectivity index (χ1n) is 7.46. The second kappa shape index (κ2) is 8.90. The van der Waals surface area contributed by atoms with Crippen LogP contribution in [-0.2, 0) is 0 Å². The van der Waals surface area contributed by atoms with Crippen LogP contribution in [-0.4, -0.2) is 62.7 Å². The van der Waals surface area contributed by atoms with Crippen LogP contribution >= 0.6 is 0 Å². The largest absolute Gasteiger partial charge is 0.317 e. The molecular formula is C14H31N3. The topological polar surface area (TPSA) is 18.5 Å². The van der Waals surface area contributed by atoms with Crippen molar-refractivity contribution in [3.05, 3.63) is 0 Å². The summed E-state index contributed by atoms with van der Waals surface area (Å²) in [6, 6.07) is 0. The zero-order valence-corrected chi connectivity index (χ0v) is 12.0. The lowest BCUT2D eigenvalue weighted by molar-refractivity contribution is 0.143. The van der Waals surface area contributed by atoms with Crippen molar-refractivity contribution in [2.45, 2.75) is 33.1 Å². The van der Waals surface area contributed by atoms with Gasteiger partial charge in [0.05, 0.1) is 0 Å². The maximum absolute atomic E-state index is 3.44. The van der Waals surface area contributed by atoms with Gasteiger partial charge in [-0.3, -0.25) is 0 Å². The summed E-state index contributed by atoms with van der Waals surface area (Å²) in [6.45, 7) is 12.9. The summed E-state index contributed by atoms with van der Waals surface area (Å²) in [5, 5.41) is 3.44. The van der Waals surface area contributed by atoms with E-state index in [1.165, 1.54) is 65.1 Å². The Labute approximate surface area is 108 Å². The van der Waals surface area contributed by atoms with Crippen molar-refractivity contribution < 1.29 is 0 Å². The molecule has 0 aliphatic carbocycles. The molecule has 0 bridgehead atoms. The Morgan fingerprint density at radius 3 is 2.18 bits per heavy atom. The Balaban J connectivity index is 0.000000686. The van der Waals surface area contributed by atoms with Crippen LogP contribution < -0.4 is 5.32 Å². The molecule has 102 valence electrons. The molecule has 2 fully saturated rings. The minimum atomic E-state index is 0.992. The molecule has 2 rings (SSSR count).